The van der Waals surface area contributed by atoms with Gasteiger partial charge in [0.2, 0.25) is 0 Å². The molecule has 1 rings (SSSR count). The van der Waals surface area contributed by atoms with Crippen LogP contribution in [0.3, 0.4) is 0 Å². The second kappa shape index (κ2) is 5.96. The zero-order chi connectivity index (χ0) is 13.8. The molecule has 1 N–H and O–H groups in total. The van der Waals surface area contributed by atoms with Crippen molar-refractivity contribution in [3.8, 4) is 0 Å². The van der Waals surface area contributed by atoms with E-state index in [-0.39, 0.29) is 6.61 Å². The van der Waals surface area contributed by atoms with Crippen molar-refractivity contribution < 1.29 is 31.5 Å². The van der Waals surface area contributed by atoms with Crippen LogP contribution in [-0.2, 0) is 33.4 Å². The van der Waals surface area contributed by atoms with E-state index in [4.69, 9.17) is 4.55 Å². The number of ether oxygens (including phenoxy) is 1. The molecule has 0 amide bonds. The van der Waals surface area contributed by atoms with Crippen molar-refractivity contribution in [2.45, 2.75) is 12.8 Å². The van der Waals surface area contributed by atoms with Crippen LogP contribution in [0, 0.1) is 0 Å². The summed E-state index contributed by atoms with van der Waals surface area (Å²) in [7, 11) is 0. The van der Waals surface area contributed by atoms with E-state index >= 15 is 0 Å². The van der Waals surface area contributed by atoms with Gasteiger partial charge in [0.05, 0.1) is 5.56 Å². The van der Waals surface area contributed by atoms with Crippen molar-refractivity contribution in [3.63, 3.8) is 0 Å². The van der Waals surface area contributed by atoms with E-state index in [1.165, 1.54) is 12.1 Å². The number of benzene rings is 1. The number of carbonyl (C=O) groups excluding carboxylic acids is 1. The molecule has 8 heteroatoms. The van der Waals surface area contributed by atoms with Gasteiger partial charge in [-0.1, -0.05) is 12.1 Å². The normalized spacial score (nSPS) is 13.1. The lowest BCUT2D eigenvalue weighted by atomic mass is 10.1. The first kappa shape index (κ1) is 14.7. The van der Waals surface area contributed by atoms with E-state index in [0.717, 1.165) is 12.1 Å². The minimum Gasteiger partial charge on any atom is -0.460 e. The molecule has 0 saturated heterocycles. The molecule has 0 aliphatic carbocycles. The quantitative estimate of drug-likeness (QED) is 0.677. The highest BCUT2D eigenvalue weighted by molar-refractivity contribution is 7.80. The number of rotatable bonds is 4. The summed E-state index contributed by atoms with van der Waals surface area (Å²) in [6.07, 6.45) is -4.41. The smallest absolute Gasteiger partial charge is 0.416 e. The zero-order valence-corrected chi connectivity index (χ0v) is 9.75. The summed E-state index contributed by atoms with van der Waals surface area (Å²) in [6, 6.07) is 4.08. The maximum Gasteiger partial charge on any atom is 0.416 e. The van der Waals surface area contributed by atoms with E-state index in [9.17, 15) is 22.2 Å². The summed E-state index contributed by atoms with van der Waals surface area (Å²) in [5.41, 5.74) is -0.436. The molecule has 0 aromatic heterocycles. The van der Waals surface area contributed by atoms with Crippen LogP contribution in [0.25, 0.3) is 0 Å². The lowest BCUT2D eigenvalue weighted by Gasteiger charge is -2.08. The van der Waals surface area contributed by atoms with Gasteiger partial charge in [0.25, 0.3) is 0 Å². The second-order valence-electron chi connectivity index (χ2n) is 3.32. The van der Waals surface area contributed by atoms with Crippen LogP contribution in [-0.4, -0.2) is 20.5 Å². The molecule has 0 spiro atoms. The third kappa shape index (κ3) is 4.84. The molecule has 0 heterocycles. The fourth-order valence-electron chi connectivity index (χ4n) is 1.10. The molecule has 4 nitrogen and oxygen atoms in total. The van der Waals surface area contributed by atoms with Crippen molar-refractivity contribution in [3.05, 3.63) is 35.4 Å². The number of carbonyl (C=O) groups is 1. The number of alkyl halides is 3. The number of hydrogen-bond donors (Lipinski definition) is 1. The van der Waals surface area contributed by atoms with E-state index in [1.54, 1.807) is 0 Å². The van der Waals surface area contributed by atoms with Gasteiger partial charge in [0, 0.05) is 0 Å². The van der Waals surface area contributed by atoms with Crippen molar-refractivity contribution in [1.29, 1.82) is 0 Å². The molecule has 1 atom stereocenters. The fraction of sp³-hybridized carbons (Fsp3) is 0.300. The fourth-order valence-corrected chi connectivity index (χ4v) is 1.38. The summed E-state index contributed by atoms with van der Waals surface area (Å²) >= 11 is -2.29. The Bertz CT molecular complexity index is 441. The average Bonchev–Trinajstić information content (AvgIpc) is 2.25. The molecular formula is C10H9F3O4S. The van der Waals surface area contributed by atoms with Crippen LogP contribution >= 0.6 is 0 Å². The van der Waals surface area contributed by atoms with Gasteiger partial charge in [-0.15, -0.1) is 0 Å². The Morgan fingerprint density at radius 3 is 2.28 bits per heavy atom. The molecule has 0 aliphatic heterocycles. The summed E-state index contributed by atoms with van der Waals surface area (Å²) in [4.78, 5) is 10.9. The SMILES string of the molecule is O=C(CS(=O)O)OCc1ccc(C(F)(F)F)cc1. The first-order chi connectivity index (χ1) is 8.29. The first-order valence-corrected chi connectivity index (χ1v) is 5.96. The highest BCUT2D eigenvalue weighted by Crippen LogP contribution is 2.29. The summed E-state index contributed by atoms with van der Waals surface area (Å²) in [6.45, 7) is -0.242. The lowest BCUT2D eigenvalue weighted by molar-refractivity contribution is -0.142. The molecule has 0 saturated carbocycles. The maximum atomic E-state index is 12.2. The molecule has 0 fully saturated rings. The van der Waals surface area contributed by atoms with Gasteiger partial charge in [-0.05, 0) is 17.7 Å². The zero-order valence-electron chi connectivity index (χ0n) is 8.94. The Morgan fingerprint density at radius 1 is 1.28 bits per heavy atom. The van der Waals surface area contributed by atoms with E-state index in [2.05, 4.69) is 4.74 Å². The van der Waals surface area contributed by atoms with Gasteiger partial charge < -0.3 is 9.29 Å². The van der Waals surface area contributed by atoms with Gasteiger partial charge in [-0.3, -0.25) is 4.79 Å². The predicted molar refractivity (Wildman–Crippen MR) is 56.9 cm³/mol. The number of esters is 1. The second-order valence-corrected chi connectivity index (χ2v) is 4.25. The van der Waals surface area contributed by atoms with E-state index in [1.807, 2.05) is 0 Å². The minimum absolute atomic E-state index is 0.242. The Balaban J connectivity index is 2.54. The van der Waals surface area contributed by atoms with Gasteiger partial charge in [0.1, 0.15) is 12.4 Å². The van der Waals surface area contributed by atoms with Crippen molar-refractivity contribution >= 4 is 17.0 Å². The molecular weight excluding hydrogens is 273 g/mol. The van der Waals surface area contributed by atoms with Crippen LogP contribution in [0.2, 0.25) is 0 Å². The minimum atomic E-state index is -4.41. The third-order valence-corrected chi connectivity index (χ3v) is 2.41. The standard InChI is InChI=1S/C10H9F3O4S/c11-10(12,13)8-3-1-7(2-4-8)5-17-9(14)6-18(15)16/h1-4H,5-6H2,(H,15,16). The van der Waals surface area contributed by atoms with Crippen molar-refractivity contribution in [2.75, 3.05) is 5.75 Å². The van der Waals surface area contributed by atoms with Crippen LogP contribution in [0.4, 0.5) is 13.2 Å². The summed E-state index contributed by atoms with van der Waals surface area (Å²) < 4.78 is 59.9. The molecule has 1 unspecified atom stereocenters. The van der Waals surface area contributed by atoms with Crippen molar-refractivity contribution in [2.24, 2.45) is 0 Å². The van der Waals surface area contributed by atoms with Gasteiger partial charge >= 0.3 is 12.1 Å². The predicted octanol–water partition coefficient (Wildman–Crippen LogP) is 1.97. The third-order valence-electron chi connectivity index (χ3n) is 1.92. The molecule has 18 heavy (non-hydrogen) atoms. The summed E-state index contributed by atoms with van der Waals surface area (Å²) in [5, 5.41) is 0. The lowest BCUT2D eigenvalue weighted by Crippen LogP contribution is -2.13. The monoisotopic (exact) mass is 282 g/mol. The Morgan fingerprint density at radius 2 is 1.83 bits per heavy atom. The first-order valence-electron chi connectivity index (χ1n) is 4.68. The summed E-state index contributed by atoms with van der Waals surface area (Å²) in [5.74, 6) is -1.56. The molecule has 0 bridgehead atoms. The Hall–Kier alpha value is -1.41. The topological polar surface area (TPSA) is 63.6 Å². The Labute approximate surface area is 103 Å². The molecule has 100 valence electrons. The van der Waals surface area contributed by atoms with E-state index < -0.39 is 34.5 Å². The van der Waals surface area contributed by atoms with Gasteiger partial charge in [-0.2, -0.15) is 13.2 Å². The van der Waals surface area contributed by atoms with Gasteiger partial charge in [0.15, 0.2) is 11.1 Å². The molecule has 0 radical (unpaired) electrons. The maximum absolute atomic E-state index is 12.2. The van der Waals surface area contributed by atoms with Crippen LogP contribution < -0.4 is 0 Å². The molecule has 1 aromatic rings. The molecule has 0 aliphatic rings. The Kier molecular flexibility index (Phi) is 4.85. The number of halogens is 3. The van der Waals surface area contributed by atoms with Crippen LogP contribution in [0.1, 0.15) is 11.1 Å². The highest BCUT2D eigenvalue weighted by atomic mass is 32.2. The largest absolute Gasteiger partial charge is 0.460 e. The van der Waals surface area contributed by atoms with Crippen LogP contribution in [0.15, 0.2) is 24.3 Å². The number of hydrogen-bond acceptors (Lipinski definition) is 3. The van der Waals surface area contributed by atoms with Crippen molar-refractivity contribution in [1.82, 2.24) is 0 Å². The molecule has 1 aromatic carbocycles. The van der Waals surface area contributed by atoms with E-state index in [0.29, 0.717) is 5.56 Å². The van der Waals surface area contributed by atoms with Crippen LogP contribution in [0.5, 0.6) is 0 Å². The van der Waals surface area contributed by atoms with Gasteiger partial charge in [-0.25, -0.2) is 4.21 Å². The average molecular weight is 282 g/mol. The highest BCUT2D eigenvalue weighted by Gasteiger charge is 2.29.